The third-order valence-electron chi connectivity index (χ3n) is 9.98. The number of aliphatic hydroxyl groups is 1. The lowest BCUT2D eigenvalue weighted by molar-refractivity contribution is -0.183. The van der Waals surface area contributed by atoms with Crippen molar-refractivity contribution in [3.63, 3.8) is 0 Å². The lowest BCUT2D eigenvalue weighted by Gasteiger charge is -2.60. The Bertz CT molecular complexity index is 1670. The normalized spacial score (nSPS) is 30.4. The zero-order valence-corrected chi connectivity index (χ0v) is 25.3. The van der Waals surface area contributed by atoms with Crippen LogP contribution in [0.3, 0.4) is 0 Å². The van der Waals surface area contributed by atoms with Crippen molar-refractivity contribution in [3.05, 3.63) is 75.4 Å². The molecule has 2 unspecified atom stereocenters. The van der Waals surface area contributed by atoms with Gasteiger partial charge in [0.25, 0.3) is 0 Å². The number of phenols is 1. The smallest absolute Gasteiger partial charge is 0.192 e. The van der Waals surface area contributed by atoms with Gasteiger partial charge in [0.1, 0.15) is 17.5 Å². The van der Waals surface area contributed by atoms with E-state index in [4.69, 9.17) is 0 Å². The van der Waals surface area contributed by atoms with E-state index in [1.165, 1.54) is 13.0 Å². The Kier molecular flexibility index (Phi) is 6.98. The van der Waals surface area contributed by atoms with E-state index in [1.54, 1.807) is 19.9 Å². The molecule has 0 aromatic heterocycles. The average molecular weight is 567 g/mol. The number of carbonyl (C=O) groups is 4. The zero-order chi connectivity index (χ0) is 30.9. The number of benzene rings is 2. The number of phenolic OH excluding ortho intramolecular Hbond substituents is 1. The van der Waals surface area contributed by atoms with Gasteiger partial charge < -0.3 is 10.2 Å². The van der Waals surface area contributed by atoms with Crippen LogP contribution in [0.5, 0.6) is 5.75 Å². The molecule has 0 bridgehead atoms. The summed E-state index contributed by atoms with van der Waals surface area (Å²) in [6.45, 7) is 12.5. The van der Waals surface area contributed by atoms with Gasteiger partial charge in [-0.2, -0.15) is 0 Å². The number of carbonyl (C=O) groups excluding carboxylic acids is 4. The number of fused-ring (bicyclic) bond motifs is 3. The van der Waals surface area contributed by atoms with E-state index < -0.39 is 51.4 Å². The Morgan fingerprint density at radius 1 is 1.07 bits per heavy atom. The summed E-state index contributed by atoms with van der Waals surface area (Å²) >= 11 is 0. The molecule has 0 saturated heterocycles. The summed E-state index contributed by atoms with van der Waals surface area (Å²) in [5.74, 6) is 0.527. The molecule has 0 radical (unpaired) electrons. The van der Waals surface area contributed by atoms with Gasteiger partial charge in [0, 0.05) is 16.5 Å². The van der Waals surface area contributed by atoms with Crippen molar-refractivity contribution in [3.8, 4) is 17.6 Å². The van der Waals surface area contributed by atoms with Gasteiger partial charge in [0.05, 0.1) is 11.5 Å². The minimum atomic E-state index is -2.54. The van der Waals surface area contributed by atoms with Crippen LogP contribution in [0, 0.1) is 40.4 Å². The molecule has 3 aliphatic rings. The summed E-state index contributed by atoms with van der Waals surface area (Å²) in [4.78, 5) is 55.2. The van der Waals surface area contributed by atoms with Crippen molar-refractivity contribution in [2.45, 2.75) is 73.3 Å². The fourth-order valence-corrected chi connectivity index (χ4v) is 8.46. The molecule has 2 aromatic carbocycles. The second-order valence-electron chi connectivity index (χ2n) is 13.2. The molecule has 5 rings (SSSR count). The minimum Gasteiger partial charge on any atom is -0.507 e. The molecule has 6 heteroatoms. The average Bonchev–Trinajstić information content (AvgIpc) is 2.90. The number of Topliss-reactive ketones (excluding diaryl/α,β-unsaturated/α-hetero) is 4. The zero-order valence-electron chi connectivity index (χ0n) is 25.3. The number of hydrogen-bond donors (Lipinski definition) is 2. The summed E-state index contributed by atoms with van der Waals surface area (Å²) in [5.41, 5.74) is -0.413. The Labute approximate surface area is 247 Å². The van der Waals surface area contributed by atoms with Crippen LogP contribution in [0.1, 0.15) is 87.5 Å². The van der Waals surface area contributed by atoms with Gasteiger partial charge in [-0.15, -0.1) is 0 Å². The van der Waals surface area contributed by atoms with Crippen LogP contribution in [0.15, 0.2) is 47.5 Å². The molecule has 3 aliphatic carbocycles. The van der Waals surface area contributed by atoms with Crippen LogP contribution in [0.4, 0.5) is 0 Å². The highest BCUT2D eigenvalue weighted by atomic mass is 16.3. The Balaban J connectivity index is 1.70. The minimum absolute atomic E-state index is 0.00863. The number of aryl methyl sites for hydroxylation is 1. The van der Waals surface area contributed by atoms with E-state index in [0.717, 1.165) is 17.5 Å². The van der Waals surface area contributed by atoms with Crippen LogP contribution >= 0.6 is 0 Å². The predicted octanol–water partition coefficient (Wildman–Crippen LogP) is 5.19. The van der Waals surface area contributed by atoms with E-state index in [0.29, 0.717) is 22.3 Å². The van der Waals surface area contributed by atoms with Crippen molar-refractivity contribution >= 4 is 23.1 Å². The molecule has 6 nitrogen and oxygen atoms in total. The van der Waals surface area contributed by atoms with E-state index >= 15 is 0 Å². The molecule has 5 atom stereocenters. The number of allylic oxidation sites excluding steroid dienone is 1. The van der Waals surface area contributed by atoms with Gasteiger partial charge in [-0.05, 0) is 79.8 Å². The third kappa shape index (κ3) is 3.97. The first kappa shape index (κ1) is 29.7. The molecular weight excluding hydrogens is 528 g/mol. The van der Waals surface area contributed by atoms with Gasteiger partial charge in [-0.3, -0.25) is 19.2 Å². The Morgan fingerprint density at radius 2 is 1.76 bits per heavy atom. The molecule has 2 N–H and O–H groups in total. The number of ketones is 4. The highest BCUT2D eigenvalue weighted by Crippen LogP contribution is 2.64. The number of hydrogen-bond acceptors (Lipinski definition) is 6. The second kappa shape index (κ2) is 9.88. The summed E-state index contributed by atoms with van der Waals surface area (Å²) in [5, 5.41) is 23.1. The molecular formula is C36H38O6. The summed E-state index contributed by atoms with van der Waals surface area (Å²) in [7, 11) is 0. The van der Waals surface area contributed by atoms with Crippen molar-refractivity contribution in [1.82, 2.24) is 0 Å². The molecule has 218 valence electrons. The largest absolute Gasteiger partial charge is 0.507 e. The van der Waals surface area contributed by atoms with Gasteiger partial charge in [0.15, 0.2) is 23.0 Å². The fourth-order valence-electron chi connectivity index (χ4n) is 8.46. The van der Waals surface area contributed by atoms with Crippen molar-refractivity contribution in [2.24, 2.45) is 28.6 Å². The molecule has 1 fully saturated rings. The number of aromatic hydroxyl groups is 1. The lowest BCUT2D eigenvalue weighted by Crippen LogP contribution is -2.73. The van der Waals surface area contributed by atoms with Crippen LogP contribution in [-0.2, 0) is 27.2 Å². The summed E-state index contributed by atoms with van der Waals surface area (Å²) < 4.78 is 0. The maximum atomic E-state index is 14.4. The maximum Gasteiger partial charge on any atom is 0.192 e. The van der Waals surface area contributed by atoms with Gasteiger partial charge in [-0.25, -0.2) is 0 Å². The quantitative estimate of drug-likeness (QED) is 0.301. The highest BCUT2D eigenvalue weighted by Gasteiger charge is 2.73. The molecule has 0 spiro atoms. The van der Waals surface area contributed by atoms with Crippen LogP contribution in [0.25, 0.3) is 0 Å². The number of rotatable bonds is 3. The SMILES string of the molecule is CCc1cccc(C#Cc2ccc(O)c3c2C[C@@]2(C)C[C@@]4(C)C(C(C)C)=C(C)C(C(C)=O)C(=O)[C@@]4(O)C(=O)C2C3=O)c1. The van der Waals surface area contributed by atoms with Crippen molar-refractivity contribution < 1.29 is 29.4 Å². The van der Waals surface area contributed by atoms with Gasteiger partial charge in [0.2, 0.25) is 0 Å². The van der Waals surface area contributed by atoms with Crippen molar-refractivity contribution in [1.29, 1.82) is 0 Å². The first-order valence-corrected chi connectivity index (χ1v) is 14.6. The summed E-state index contributed by atoms with van der Waals surface area (Å²) in [6, 6.07) is 11.0. The Hall–Kier alpha value is -3.82. The monoisotopic (exact) mass is 566 g/mol. The van der Waals surface area contributed by atoms with E-state index in [9.17, 15) is 29.4 Å². The van der Waals surface area contributed by atoms with Crippen molar-refractivity contribution in [2.75, 3.05) is 0 Å². The fraction of sp³-hybridized carbons (Fsp3) is 0.444. The van der Waals surface area contributed by atoms with E-state index in [-0.39, 0.29) is 30.1 Å². The molecule has 42 heavy (non-hydrogen) atoms. The molecule has 0 heterocycles. The second-order valence-corrected chi connectivity index (χ2v) is 13.2. The standard InChI is InChI=1S/C36H38O6/c1-8-22-10-9-11-23(16-22)12-13-24-14-15-26(38)28-25(24)17-34(6)18-35(7)29(19(2)3)20(4)27(21(5)37)32(40)36(35,42)33(41)30(34)31(28)39/h9-11,14-16,19,27,30,38,42H,8,17-18H2,1-7H3/t27?,30?,34-,35-,36+/m0/s1. The Morgan fingerprint density at radius 3 is 2.38 bits per heavy atom. The molecule has 0 amide bonds. The molecule has 2 aromatic rings. The van der Waals surface area contributed by atoms with E-state index in [1.807, 2.05) is 45.0 Å². The highest BCUT2D eigenvalue weighted by molar-refractivity contribution is 6.27. The lowest BCUT2D eigenvalue weighted by atomic mass is 9.41. The molecule has 1 saturated carbocycles. The van der Waals surface area contributed by atoms with Crippen LogP contribution in [-0.4, -0.2) is 38.9 Å². The van der Waals surface area contributed by atoms with E-state index in [2.05, 4.69) is 18.8 Å². The topological polar surface area (TPSA) is 109 Å². The summed E-state index contributed by atoms with van der Waals surface area (Å²) in [6.07, 6.45) is 1.29. The van der Waals surface area contributed by atoms with Crippen LogP contribution < -0.4 is 0 Å². The van der Waals surface area contributed by atoms with Gasteiger partial charge in [-0.1, -0.05) is 69.7 Å². The maximum absolute atomic E-state index is 14.4. The predicted molar refractivity (Wildman–Crippen MR) is 159 cm³/mol. The first-order chi connectivity index (χ1) is 19.6. The molecule has 0 aliphatic heterocycles. The van der Waals surface area contributed by atoms with Gasteiger partial charge >= 0.3 is 0 Å². The third-order valence-corrected chi connectivity index (χ3v) is 9.98. The van der Waals surface area contributed by atoms with Crippen LogP contribution in [0.2, 0.25) is 0 Å². The first-order valence-electron chi connectivity index (χ1n) is 14.6.